The summed E-state index contributed by atoms with van der Waals surface area (Å²) in [6.45, 7) is 4.64. The smallest absolute Gasteiger partial charge is 0.225 e. The highest BCUT2D eigenvalue weighted by Crippen LogP contribution is 2.13. The molecule has 5 heteroatoms. The molecule has 0 saturated carbocycles. The quantitative estimate of drug-likeness (QED) is 0.788. The first kappa shape index (κ1) is 19.5. The zero-order valence-electron chi connectivity index (χ0n) is 13.2. The van der Waals surface area contributed by atoms with Crippen molar-refractivity contribution in [1.29, 1.82) is 0 Å². The summed E-state index contributed by atoms with van der Waals surface area (Å²) in [4.78, 5) is 14.3. The number of benzene rings is 2. The van der Waals surface area contributed by atoms with Gasteiger partial charge in [-0.3, -0.25) is 9.69 Å². The minimum Gasteiger partial charge on any atom is -0.326 e. The van der Waals surface area contributed by atoms with Crippen LogP contribution in [-0.4, -0.2) is 23.9 Å². The van der Waals surface area contributed by atoms with E-state index in [1.54, 1.807) is 12.1 Å². The molecule has 0 radical (unpaired) electrons. The number of amides is 1. The molecule has 124 valence electrons. The van der Waals surface area contributed by atoms with Crippen LogP contribution in [0.3, 0.4) is 0 Å². The summed E-state index contributed by atoms with van der Waals surface area (Å²) >= 11 is 5.83. The second-order valence-electron chi connectivity index (χ2n) is 5.16. The van der Waals surface area contributed by atoms with Gasteiger partial charge in [0.05, 0.1) is 0 Å². The number of carbonyl (C=O) groups excluding carboxylic acids is 1. The molecule has 0 aliphatic carbocycles. The maximum atomic E-state index is 12.0. The van der Waals surface area contributed by atoms with Crippen molar-refractivity contribution in [2.24, 2.45) is 0 Å². The fourth-order valence-electron chi connectivity index (χ4n) is 2.21. The Morgan fingerprint density at radius 3 is 2.35 bits per heavy atom. The van der Waals surface area contributed by atoms with Crippen LogP contribution in [0.25, 0.3) is 0 Å². The number of hydrogen-bond acceptors (Lipinski definition) is 2. The van der Waals surface area contributed by atoms with Crippen LogP contribution >= 0.6 is 24.0 Å². The zero-order chi connectivity index (χ0) is 15.8. The Balaban J connectivity index is 0.00000264. The monoisotopic (exact) mass is 352 g/mol. The Hall–Kier alpha value is -1.55. The molecule has 0 spiro atoms. The van der Waals surface area contributed by atoms with E-state index in [1.165, 1.54) is 5.56 Å². The van der Waals surface area contributed by atoms with Gasteiger partial charge in [-0.1, -0.05) is 48.9 Å². The first-order chi connectivity index (χ1) is 10.7. The number of hydrogen-bond donors (Lipinski definition) is 1. The van der Waals surface area contributed by atoms with Crippen molar-refractivity contribution in [3.05, 3.63) is 65.2 Å². The Morgan fingerprint density at radius 2 is 1.74 bits per heavy atom. The van der Waals surface area contributed by atoms with Gasteiger partial charge in [0.25, 0.3) is 0 Å². The third-order valence-electron chi connectivity index (χ3n) is 3.48. The Bertz CT molecular complexity index is 588. The van der Waals surface area contributed by atoms with Crippen LogP contribution in [0.5, 0.6) is 0 Å². The van der Waals surface area contributed by atoms with Crippen molar-refractivity contribution in [1.82, 2.24) is 4.90 Å². The molecule has 23 heavy (non-hydrogen) atoms. The lowest BCUT2D eigenvalue weighted by Crippen LogP contribution is -2.27. The van der Waals surface area contributed by atoms with Gasteiger partial charge >= 0.3 is 0 Å². The summed E-state index contributed by atoms with van der Waals surface area (Å²) in [7, 11) is 0. The summed E-state index contributed by atoms with van der Waals surface area (Å²) in [6, 6.07) is 17.5. The minimum atomic E-state index is 0. The number of anilines is 1. The summed E-state index contributed by atoms with van der Waals surface area (Å²) in [5, 5.41) is 3.55. The predicted octanol–water partition coefficient (Wildman–Crippen LogP) is 4.61. The lowest BCUT2D eigenvalue weighted by molar-refractivity contribution is -0.116. The lowest BCUT2D eigenvalue weighted by Gasteiger charge is -2.20. The van der Waals surface area contributed by atoms with E-state index >= 15 is 0 Å². The number of rotatable bonds is 7. The van der Waals surface area contributed by atoms with Gasteiger partial charge < -0.3 is 5.32 Å². The Morgan fingerprint density at radius 1 is 1.09 bits per heavy atom. The van der Waals surface area contributed by atoms with E-state index < -0.39 is 0 Å². The molecule has 0 aliphatic rings. The first-order valence-corrected chi connectivity index (χ1v) is 7.87. The molecular formula is C18H22Cl2N2O. The predicted molar refractivity (Wildman–Crippen MR) is 99.3 cm³/mol. The fraction of sp³-hybridized carbons (Fsp3) is 0.278. The second-order valence-corrected chi connectivity index (χ2v) is 5.60. The summed E-state index contributed by atoms with van der Waals surface area (Å²) in [6.07, 6.45) is 0.475. The molecule has 0 heterocycles. The average Bonchev–Trinajstić information content (AvgIpc) is 2.54. The van der Waals surface area contributed by atoms with E-state index in [-0.39, 0.29) is 18.3 Å². The van der Waals surface area contributed by atoms with Gasteiger partial charge in [-0.25, -0.2) is 0 Å². The lowest BCUT2D eigenvalue weighted by atomic mass is 10.2. The van der Waals surface area contributed by atoms with Gasteiger partial charge in [0.2, 0.25) is 5.91 Å². The van der Waals surface area contributed by atoms with Crippen LogP contribution in [-0.2, 0) is 11.3 Å². The van der Waals surface area contributed by atoms with Gasteiger partial charge in [-0.05, 0) is 36.4 Å². The first-order valence-electron chi connectivity index (χ1n) is 7.49. The molecule has 2 aromatic carbocycles. The Labute approximate surface area is 149 Å². The van der Waals surface area contributed by atoms with E-state index in [0.29, 0.717) is 11.4 Å². The number of halogens is 2. The molecule has 0 fully saturated rings. The number of carbonyl (C=O) groups is 1. The molecular weight excluding hydrogens is 331 g/mol. The summed E-state index contributed by atoms with van der Waals surface area (Å²) < 4.78 is 0. The van der Waals surface area contributed by atoms with Gasteiger partial charge in [-0.15, -0.1) is 12.4 Å². The third kappa shape index (κ3) is 7.04. The van der Waals surface area contributed by atoms with Crippen LogP contribution in [0.4, 0.5) is 5.69 Å². The Kier molecular flexibility index (Phi) is 8.70. The van der Waals surface area contributed by atoms with Gasteiger partial charge in [0.1, 0.15) is 0 Å². The molecule has 1 N–H and O–H groups in total. The van der Waals surface area contributed by atoms with Gasteiger partial charge in [-0.2, -0.15) is 0 Å². The van der Waals surface area contributed by atoms with Crippen LogP contribution in [0.2, 0.25) is 5.02 Å². The van der Waals surface area contributed by atoms with Gasteiger partial charge in [0, 0.05) is 30.2 Å². The van der Waals surface area contributed by atoms with Crippen molar-refractivity contribution >= 4 is 35.6 Å². The summed E-state index contributed by atoms with van der Waals surface area (Å²) in [5.41, 5.74) is 2.04. The van der Waals surface area contributed by atoms with Crippen LogP contribution in [0, 0.1) is 0 Å². The molecule has 0 saturated heterocycles. The van der Waals surface area contributed by atoms with E-state index in [2.05, 4.69) is 29.3 Å². The average molecular weight is 353 g/mol. The van der Waals surface area contributed by atoms with Gasteiger partial charge in [0.15, 0.2) is 0 Å². The highest BCUT2D eigenvalue weighted by Gasteiger charge is 2.08. The maximum absolute atomic E-state index is 12.0. The zero-order valence-corrected chi connectivity index (χ0v) is 14.7. The SMILES string of the molecule is CCN(CCC(=O)Nc1ccc(Cl)cc1)Cc1ccccc1.Cl. The van der Waals surface area contributed by atoms with E-state index in [0.717, 1.165) is 25.3 Å². The van der Waals surface area contributed by atoms with Crippen molar-refractivity contribution in [3.63, 3.8) is 0 Å². The molecule has 3 nitrogen and oxygen atoms in total. The topological polar surface area (TPSA) is 32.3 Å². The van der Waals surface area contributed by atoms with Crippen molar-refractivity contribution in [2.45, 2.75) is 19.9 Å². The number of nitrogens with zero attached hydrogens (tertiary/aromatic N) is 1. The molecule has 0 bridgehead atoms. The molecule has 2 rings (SSSR count). The minimum absolute atomic E-state index is 0. The van der Waals surface area contributed by atoms with Crippen LogP contribution in [0.1, 0.15) is 18.9 Å². The van der Waals surface area contributed by atoms with Crippen molar-refractivity contribution in [2.75, 3.05) is 18.4 Å². The molecule has 2 aromatic rings. The van der Waals surface area contributed by atoms with E-state index in [4.69, 9.17) is 11.6 Å². The van der Waals surface area contributed by atoms with Crippen LogP contribution < -0.4 is 5.32 Å². The fourth-order valence-corrected chi connectivity index (χ4v) is 2.33. The molecule has 0 unspecified atom stereocenters. The van der Waals surface area contributed by atoms with Crippen LogP contribution in [0.15, 0.2) is 54.6 Å². The van der Waals surface area contributed by atoms with E-state index in [1.807, 2.05) is 30.3 Å². The third-order valence-corrected chi connectivity index (χ3v) is 3.73. The normalized spacial score (nSPS) is 10.2. The number of nitrogens with one attached hydrogen (secondary N) is 1. The maximum Gasteiger partial charge on any atom is 0.225 e. The molecule has 0 aliphatic heterocycles. The molecule has 1 amide bonds. The molecule has 0 aromatic heterocycles. The second kappa shape index (κ2) is 10.3. The standard InChI is InChI=1S/C18H21ClN2O.ClH/c1-2-21(14-15-6-4-3-5-7-15)13-12-18(22)20-17-10-8-16(19)9-11-17;/h3-11H,2,12-14H2,1H3,(H,20,22);1H. The highest BCUT2D eigenvalue weighted by atomic mass is 35.5. The summed E-state index contributed by atoms with van der Waals surface area (Å²) in [5.74, 6) is 0.0221. The molecule has 0 atom stereocenters. The van der Waals surface area contributed by atoms with Crippen molar-refractivity contribution in [3.8, 4) is 0 Å². The highest BCUT2D eigenvalue weighted by molar-refractivity contribution is 6.30. The largest absolute Gasteiger partial charge is 0.326 e. The van der Waals surface area contributed by atoms with Crippen molar-refractivity contribution < 1.29 is 4.79 Å². The van der Waals surface area contributed by atoms with E-state index in [9.17, 15) is 4.79 Å².